The molecule has 0 atom stereocenters. The van der Waals surface area contributed by atoms with Crippen LogP contribution in [0.1, 0.15) is 9.88 Å². The van der Waals surface area contributed by atoms with E-state index >= 15 is 0 Å². The zero-order valence-corrected chi connectivity index (χ0v) is 12.0. The van der Waals surface area contributed by atoms with E-state index in [1.165, 1.54) is 17.4 Å². The maximum atomic E-state index is 10.5. The number of hydrogen-bond donors (Lipinski definition) is 1. The Labute approximate surface area is 117 Å². The summed E-state index contributed by atoms with van der Waals surface area (Å²) in [6.07, 6.45) is 2.61. The third-order valence-corrected chi connectivity index (χ3v) is 3.94. The van der Waals surface area contributed by atoms with E-state index in [-0.39, 0.29) is 0 Å². The van der Waals surface area contributed by atoms with Crippen LogP contribution >= 0.6 is 27.3 Å². The largest absolute Gasteiger partial charge is 0.478 e. The van der Waals surface area contributed by atoms with Crippen LogP contribution in [0.3, 0.4) is 0 Å². The number of carboxylic acid groups (broad SMARTS) is 1. The maximum absolute atomic E-state index is 10.5. The Morgan fingerprint density at radius 2 is 2.17 bits per heavy atom. The number of carboxylic acids is 1. The normalized spacial score (nSPS) is 11.0. The predicted octanol–water partition coefficient (Wildman–Crippen LogP) is 3.98. The maximum Gasteiger partial charge on any atom is 0.328 e. The van der Waals surface area contributed by atoms with E-state index in [2.05, 4.69) is 20.9 Å². The van der Waals surface area contributed by atoms with Gasteiger partial charge < -0.3 is 5.11 Å². The molecule has 5 heteroatoms. The van der Waals surface area contributed by atoms with E-state index < -0.39 is 5.97 Å². The van der Waals surface area contributed by atoms with Crippen molar-refractivity contribution >= 4 is 39.3 Å². The first kappa shape index (κ1) is 13.0. The molecule has 3 nitrogen and oxygen atoms in total. The number of halogens is 1. The minimum Gasteiger partial charge on any atom is -0.478 e. The molecule has 2 rings (SSSR count). The average molecular weight is 324 g/mol. The third kappa shape index (κ3) is 2.86. The number of thiazole rings is 1. The van der Waals surface area contributed by atoms with Crippen molar-refractivity contribution in [3.8, 4) is 11.3 Å². The molecular weight excluding hydrogens is 314 g/mol. The summed E-state index contributed by atoms with van der Waals surface area (Å²) < 4.78 is 0.979. The van der Waals surface area contributed by atoms with Crippen molar-refractivity contribution in [2.75, 3.05) is 0 Å². The standard InChI is InChI=1S/C13H10BrNO2S/c1-8-13(9-4-2-3-5-10(9)14)15-11(18-8)6-7-12(16)17/h2-7H,1H3,(H,16,17)/b7-6+. The molecular formula is C13H10BrNO2S. The van der Waals surface area contributed by atoms with Gasteiger partial charge in [0.15, 0.2) is 0 Å². The fourth-order valence-corrected chi connectivity index (χ4v) is 2.85. The number of aromatic nitrogens is 1. The van der Waals surface area contributed by atoms with Gasteiger partial charge in [0.1, 0.15) is 5.01 Å². The summed E-state index contributed by atoms with van der Waals surface area (Å²) in [6.45, 7) is 1.98. The summed E-state index contributed by atoms with van der Waals surface area (Å²) in [5.41, 5.74) is 1.90. The van der Waals surface area contributed by atoms with Gasteiger partial charge in [-0.25, -0.2) is 9.78 Å². The second kappa shape index (κ2) is 5.46. The SMILES string of the molecule is Cc1sc(/C=C/C(=O)O)nc1-c1ccccc1Br. The monoisotopic (exact) mass is 323 g/mol. The molecule has 0 spiro atoms. The minimum atomic E-state index is -0.967. The van der Waals surface area contributed by atoms with Crippen LogP contribution in [0, 0.1) is 6.92 Å². The molecule has 0 aliphatic heterocycles. The predicted molar refractivity (Wildman–Crippen MR) is 76.7 cm³/mol. The van der Waals surface area contributed by atoms with Crippen LogP contribution in [-0.2, 0) is 4.79 Å². The van der Waals surface area contributed by atoms with Crippen molar-refractivity contribution in [2.45, 2.75) is 6.92 Å². The Morgan fingerprint density at radius 3 is 2.83 bits per heavy atom. The molecule has 0 saturated carbocycles. The summed E-state index contributed by atoms with van der Waals surface area (Å²) in [6, 6.07) is 7.84. The molecule has 0 unspecified atom stereocenters. The van der Waals surface area contributed by atoms with Gasteiger partial charge in [-0.05, 0) is 19.1 Å². The van der Waals surface area contributed by atoms with E-state index in [0.29, 0.717) is 5.01 Å². The van der Waals surface area contributed by atoms with Crippen LogP contribution in [0.5, 0.6) is 0 Å². The third-order valence-electron chi connectivity index (χ3n) is 2.31. The molecule has 1 N–H and O–H groups in total. The number of hydrogen-bond acceptors (Lipinski definition) is 3. The van der Waals surface area contributed by atoms with Gasteiger partial charge in [0.05, 0.1) is 5.69 Å². The Bertz CT molecular complexity index is 619. The molecule has 0 amide bonds. The van der Waals surface area contributed by atoms with Gasteiger partial charge in [0, 0.05) is 21.0 Å². The molecule has 2 aromatic rings. The molecule has 18 heavy (non-hydrogen) atoms. The van der Waals surface area contributed by atoms with E-state index in [1.807, 2.05) is 31.2 Å². The molecule has 0 aliphatic rings. The highest BCUT2D eigenvalue weighted by molar-refractivity contribution is 9.10. The van der Waals surface area contributed by atoms with E-state index in [4.69, 9.17) is 5.11 Å². The minimum absolute atomic E-state index is 0.695. The molecule has 0 radical (unpaired) electrons. The summed E-state index contributed by atoms with van der Waals surface area (Å²) in [5, 5.41) is 9.29. The second-order valence-corrected chi connectivity index (χ2v) is 5.70. The zero-order valence-electron chi connectivity index (χ0n) is 9.55. The van der Waals surface area contributed by atoms with E-state index in [1.54, 1.807) is 0 Å². The second-order valence-electron chi connectivity index (χ2n) is 3.61. The number of nitrogens with zero attached hydrogens (tertiary/aromatic N) is 1. The first-order valence-corrected chi connectivity index (χ1v) is 6.82. The van der Waals surface area contributed by atoms with Gasteiger partial charge in [-0.1, -0.05) is 34.1 Å². The highest BCUT2D eigenvalue weighted by Gasteiger charge is 2.10. The number of rotatable bonds is 3. The van der Waals surface area contributed by atoms with Gasteiger partial charge in [-0.3, -0.25) is 0 Å². The van der Waals surface area contributed by atoms with Crippen molar-refractivity contribution in [1.29, 1.82) is 0 Å². The fourth-order valence-electron chi connectivity index (χ4n) is 1.53. The zero-order chi connectivity index (χ0) is 13.1. The first-order chi connectivity index (χ1) is 8.58. The van der Waals surface area contributed by atoms with Crippen LogP contribution in [0.2, 0.25) is 0 Å². The van der Waals surface area contributed by atoms with E-state index in [9.17, 15) is 4.79 Å². The number of aryl methyl sites for hydroxylation is 1. The van der Waals surface area contributed by atoms with Crippen molar-refractivity contribution in [1.82, 2.24) is 4.98 Å². The lowest BCUT2D eigenvalue weighted by molar-refractivity contribution is -0.131. The number of carbonyl (C=O) groups is 1. The number of benzene rings is 1. The molecule has 0 aliphatic carbocycles. The Morgan fingerprint density at radius 1 is 1.44 bits per heavy atom. The topological polar surface area (TPSA) is 50.2 Å². The smallest absolute Gasteiger partial charge is 0.328 e. The molecule has 0 bridgehead atoms. The first-order valence-electron chi connectivity index (χ1n) is 5.21. The summed E-state index contributed by atoms with van der Waals surface area (Å²) >= 11 is 4.97. The van der Waals surface area contributed by atoms with Crippen LogP contribution in [-0.4, -0.2) is 16.1 Å². The number of aliphatic carboxylic acids is 1. The van der Waals surface area contributed by atoms with E-state index in [0.717, 1.165) is 26.7 Å². The lowest BCUT2D eigenvalue weighted by atomic mass is 10.1. The van der Waals surface area contributed by atoms with Crippen molar-refractivity contribution in [3.05, 3.63) is 44.7 Å². The molecule has 1 heterocycles. The lowest BCUT2D eigenvalue weighted by Crippen LogP contribution is -1.85. The lowest BCUT2D eigenvalue weighted by Gasteiger charge is -2.00. The molecule has 0 fully saturated rings. The highest BCUT2D eigenvalue weighted by Crippen LogP contribution is 2.32. The van der Waals surface area contributed by atoms with Crippen LogP contribution in [0.4, 0.5) is 0 Å². The van der Waals surface area contributed by atoms with Crippen LogP contribution in [0.15, 0.2) is 34.8 Å². The summed E-state index contributed by atoms with van der Waals surface area (Å²) in [4.78, 5) is 16.0. The molecule has 0 saturated heterocycles. The Hall–Kier alpha value is -1.46. The quantitative estimate of drug-likeness (QED) is 0.869. The molecule has 1 aromatic heterocycles. The van der Waals surface area contributed by atoms with Gasteiger partial charge in [0.2, 0.25) is 0 Å². The van der Waals surface area contributed by atoms with Gasteiger partial charge >= 0.3 is 5.97 Å². The molecule has 1 aromatic carbocycles. The van der Waals surface area contributed by atoms with Crippen molar-refractivity contribution in [2.24, 2.45) is 0 Å². The Kier molecular flexibility index (Phi) is 3.93. The van der Waals surface area contributed by atoms with Crippen molar-refractivity contribution < 1.29 is 9.90 Å². The van der Waals surface area contributed by atoms with Crippen molar-refractivity contribution in [3.63, 3.8) is 0 Å². The van der Waals surface area contributed by atoms with Gasteiger partial charge in [-0.15, -0.1) is 11.3 Å². The van der Waals surface area contributed by atoms with Gasteiger partial charge in [-0.2, -0.15) is 0 Å². The summed E-state index contributed by atoms with van der Waals surface area (Å²) in [5.74, 6) is -0.967. The summed E-state index contributed by atoms with van der Waals surface area (Å²) in [7, 11) is 0. The highest BCUT2D eigenvalue weighted by atomic mass is 79.9. The molecule has 92 valence electrons. The average Bonchev–Trinajstić information content (AvgIpc) is 2.69. The van der Waals surface area contributed by atoms with Gasteiger partial charge in [0.25, 0.3) is 0 Å². The fraction of sp³-hybridized carbons (Fsp3) is 0.0769. The van der Waals surface area contributed by atoms with Crippen LogP contribution < -0.4 is 0 Å². The Balaban J connectivity index is 2.42. The van der Waals surface area contributed by atoms with Crippen LogP contribution in [0.25, 0.3) is 17.3 Å².